The van der Waals surface area contributed by atoms with Gasteiger partial charge in [-0.15, -0.1) is 0 Å². The van der Waals surface area contributed by atoms with Gasteiger partial charge in [0.05, 0.1) is 13.2 Å². The molecule has 6 nitrogen and oxygen atoms in total. The summed E-state index contributed by atoms with van der Waals surface area (Å²) in [6.45, 7) is 4.14. The van der Waals surface area contributed by atoms with Crippen molar-refractivity contribution in [3.8, 4) is 17.2 Å². The molecule has 0 unspecified atom stereocenters. The summed E-state index contributed by atoms with van der Waals surface area (Å²) < 4.78 is 101. The third kappa shape index (κ3) is 9.13. The monoisotopic (exact) mass is 636 g/mol. The van der Waals surface area contributed by atoms with E-state index in [4.69, 9.17) is 14.2 Å². The van der Waals surface area contributed by atoms with Crippen LogP contribution in [-0.4, -0.2) is 42.6 Å². The molecule has 0 saturated heterocycles. The van der Waals surface area contributed by atoms with Crippen LogP contribution in [0.1, 0.15) is 42.4 Å². The van der Waals surface area contributed by atoms with Crippen molar-refractivity contribution >= 4 is 18.0 Å². The summed E-state index contributed by atoms with van der Waals surface area (Å²) >= 11 is 0. The van der Waals surface area contributed by atoms with Crippen LogP contribution in [0.2, 0.25) is 0 Å². The second kappa shape index (κ2) is 15.3. The first-order valence-corrected chi connectivity index (χ1v) is 13.7. The Morgan fingerprint density at radius 2 is 1.20 bits per heavy atom. The zero-order chi connectivity index (χ0) is 33.1. The Labute approximate surface area is 255 Å². The van der Waals surface area contributed by atoms with Crippen molar-refractivity contribution in [1.82, 2.24) is 0 Å². The van der Waals surface area contributed by atoms with Crippen LogP contribution in [0, 0.1) is 0 Å². The quantitative estimate of drug-likeness (QED) is 0.0634. The summed E-state index contributed by atoms with van der Waals surface area (Å²) in [5.74, 6) is -1.51. The van der Waals surface area contributed by atoms with Crippen LogP contribution in [0.3, 0.4) is 0 Å². The molecule has 0 aromatic heterocycles. The number of benzene rings is 3. The summed E-state index contributed by atoms with van der Waals surface area (Å²) in [6, 6.07) is 12.2. The van der Waals surface area contributed by atoms with Gasteiger partial charge >= 0.3 is 24.3 Å². The Balaban J connectivity index is 1.57. The molecule has 0 fully saturated rings. The van der Waals surface area contributed by atoms with Gasteiger partial charge in [0.2, 0.25) is 5.41 Å². The molecular formula is C33H30F6O6. The molecule has 3 aromatic carbocycles. The highest BCUT2D eigenvalue weighted by Crippen LogP contribution is 2.56. The molecule has 1 N–H and O–H groups in total. The van der Waals surface area contributed by atoms with Crippen molar-refractivity contribution in [1.29, 1.82) is 0 Å². The fraction of sp³-hybridized carbons (Fsp3) is 0.273. The molecule has 0 amide bonds. The highest BCUT2D eigenvalue weighted by atomic mass is 19.4. The van der Waals surface area contributed by atoms with Crippen LogP contribution in [0.25, 0.3) is 6.08 Å². The van der Waals surface area contributed by atoms with E-state index in [0.717, 1.165) is 62.1 Å². The third-order valence-corrected chi connectivity index (χ3v) is 6.67. The number of ether oxygens (including phenoxy) is 3. The molecule has 0 spiro atoms. The van der Waals surface area contributed by atoms with E-state index in [2.05, 4.69) is 6.58 Å². The number of alkyl halides is 6. The highest BCUT2D eigenvalue weighted by Gasteiger charge is 2.72. The lowest BCUT2D eigenvalue weighted by Crippen LogP contribution is -2.54. The Morgan fingerprint density at radius 3 is 1.73 bits per heavy atom. The zero-order valence-corrected chi connectivity index (χ0v) is 23.9. The van der Waals surface area contributed by atoms with Gasteiger partial charge < -0.3 is 19.3 Å². The summed E-state index contributed by atoms with van der Waals surface area (Å²) in [4.78, 5) is 23.2. The summed E-state index contributed by atoms with van der Waals surface area (Å²) in [7, 11) is 0. The van der Waals surface area contributed by atoms with Crippen LogP contribution >= 0.6 is 0 Å². The van der Waals surface area contributed by atoms with Crippen molar-refractivity contribution in [2.45, 2.75) is 43.5 Å². The number of aromatic hydroxyl groups is 1. The molecule has 240 valence electrons. The van der Waals surface area contributed by atoms with E-state index in [1.807, 2.05) is 0 Å². The van der Waals surface area contributed by atoms with E-state index >= 15 is 0 Å². The number of unbranched alkanes of at least 4 members (excludes halogenated alkanes) is 3. The van der Waals surface area contributed by atoms with Crippen molar-refractivity contribution in [2.24, 2.45) is 0 Å². The number of hydrogen-bond donors (Lipinski definition) is 1. The lowest BCUT2D eigenvalue weighted by Gasteiger charge is -2.38. The van der Waals surface area contributed by atoms with Crippen molar-refractivity contribution in [3.63, 3.8) is 0 Å². The number of rotatable bonds is 14. The SMILES string of the molecule is C=CC(=O)OCCCCCCOc1ccc(C=CC(=O)Oc2ccc(C(c3ccc(O)cc3)(C(F)(F)F)C(F)(F)F)cc2)cc1. The predicted molar refractivity (Wildman–Crippen MR) is 154 cm³/mol. The molecule has 0 heterocycles. The Hall–Kier alpha value is -4.74. The number of carbonyl (C=O) groups is 2. The topological polar surface area (TPSA) is 82.1 Å². The van der Waals surface area contributed by atoms with E-state index < -0.39 is 46.6 Å². The predicted octanol–water partition coefficient (Wildman–Crippen LogP) is 8.09. The molecule has 0 bridgehead atoms. The number of hydrogen-bond acceptors (Lipinski definition) is 6. The fourth-order valence-electron chi connectivity index (χ4n) is 4.44. The van der Waals surface area contributed by atoms with Gasteiger partial charge in [-0.2, -0.15) is 26.3 Å². The van der Waals surface area contributed by atoms with Gasteiger partial charge in [0, 0.05) is 12.2 Å². The first-order chi connectivity index (χ1) is 21.3. The van der Waals surface area contributed by atoms with Crippen LogP contribution in [0.4, 0.5) is 26.3 Å². The molecule has 0 radical (unpaired) electrons. The van der Waals surface area contributed by atoms with Crippen molar-refractivity contribution in [2.75, 3.05) is 13.2 Å². The van der Waals surface area contributed by atoms with E-state index in [0.29, 0.717) is 48.8 Å². The summed E-state index contributed by atoms with van der Waals surface area (Å²) in [5.41, 5.74) is -6.06. The minimum absolute atomic E-state index is 0.265. The lowest BCUT2D eigenvalue weighted by atomic mass is 9.73. The maximum atomic E-state index is 14.2. The average molecular weight is 637 g/mol. The van der Waals surface area contributed by atoms with Gasteiger partial charge in [0.1, 0.15) is 17.2 Å². The first kappa shape index (κ1) is 34.7. The van der Waals surface area contributed by atoms with Crippen molar-refractivity contribution in [3.05, 3.63) is 108 Å². The fourth-order valence-corrected chi connectivity index (χ4v) is 4.44. The second-order valence-corrected chi connectivity index (χ2v) is 9.77. The van der Waals surface area contributed by atoms with E-state index in [-0.39, 0.29) is 5.75 Å². The van der Waals surface area contributed by atoms with Gasteiger partial charge in [-0.25, -0.2) is 9.59 Å². The van der Waals surface area contributed by atoms with Gasteiger partial charge in [-0.3, -0.25) is 0 Å². The number of halogens is 6. The highest BCUT2D eigenvalue weighted by molar-refractivity contribution is 5.88. The summed E-state index contributed by atoms with van der Waals surface area (Å²) in [5, 5.41) is 9.40. The van der Waals surface area contributed by atoms with Crippen LogP contribution in [-0.2, 0) is 19.7 Å². The summed E-state index contributed by atoms with van der Waals surface area (Å²) in [6.07, 6.45) is -4.70. The first-order valence-electron chi connectivity index (χ1n) is 13.7. The zero-order valence-electron chi connectivity index (χ0n) is 23.9. The molecule has 3 rings (SSSR count). The Morgan fingerprint density at radius 1 is 0.689 bits per heavy atom. The molecule has 45 heavy (non-hydrogen) atoms. The van der Waals surface area contributed by atoms with Crippen molar-refractivity contribution < 1.29 is 55.2 Å². The molecule has 0 atom stereocenters. The number of phenols is 1. The Kier molecular flexibility index (Phi) is 11.8. The smallest absolute Gasteiger partial charge is 0.411 e. The maximum Gasteiger partial charge on any atom is 0.411 e. The molecule has 0 aliphatic heterocycles. The average Bonchev–Trinajstić information content (AvgIpc) is 2.98. The molecule has 3 aromatic rings. The minimum Gasteiger partial charge on any atom is -0.508 e. The Bertz CT molecular complexity index is 1430. The van der Waals surface area contributed by atoms with Gasteiger partial charge in [0.15, 0.2) is 0 Å². The minimum atomic E-state index is -5.80. The van der Waals surface area contributed by atoms with Gasteiger partial charge in [-0.1, -0.05) is 43.0 Å². The van der Waals surface area contributed by atoms with E-state index in [1.165, 1.54) is 6.08 Å². The molecule has 12 heteroatoms. The van der Waals surface area contributed by atoms with Crippen LogP contribution < -0.4 is 9.47 Å². The van der Waals surface area contributed by atoms with E-state index in [9.17, 15) is 41.0 Å². The lowest BCUT2D eigenvalue weighted by molar-refractivity contribution is -0.288. The second-order valence-electron chi connectivity index (χ2n) is 9.77. The normalized spacial score (nSPS) is 12.1. The molecular weight excluding hydrogens is 606 g/mol. The molecule has 0 saturated carbocycles. The number of esters is 2. The maximum absolute atomic E-state index is 14.2. The van der Waals surface area contributed by atoms with Gasteiger partial charge in [0.25, 0.3) is 0 Å². The molecule has 0 aliphatic carbocycles. The third-order valence-electron chi connectivity index (χ3n) is 6.67. The van der Waals surface area contributed by atoms with Crippen LogP contribution in [0.15, 0.2) is 91.5 Å². The molecule has 0 aliphatic rings. The largest absolute Gasteiger partial charge is 0.508 e. The number of carbonyl (C=O) groups excluding carboxylic acids is 2. The van der Waals surface area contributed by atoms with E-state index in [1.54, 1.807) is 24.3 Å². The van der Waals surface area contributed by atoms with Crippen LogP contribution in [0.5, 0.6) is 17.2 Å². The van der Waals surface area contributed by atoms with Gasteiger partial charge in [-0.05, 0) is 84.8 Å². The number of phenolic OH excluding ortho intramolecular Hbond substituents is 1. The standard InChI is InChI=1S/C33H30F6O6/c1-2-29(41)44-22-6-4-3-5-21-43-27-16-7-23(8-17-27)9-20-30(42)45-28-18-12-25(13-19-28)31(32(34,35)36,33(37,38)39)24-10-14-26(40)15-11-24/h2,7-20,40H,1,3-6,21-22H2.